The number of imidazole rings is 1. The first kappa shape index (κ1) is 14.8. The Labute approximate surface area is 129 Å². The molecule has 3 heterocycles. The lowest BCUT2D eigenvalue weighted by atomic mass is 10.1. The Balaban J connectivity index is 1.76. The van der Waals surface area contributed by atoms with E-state index in [0.717, 1.165) is 37.6 Å². The Morgan fingerprint density at radius 2 is 2.27 bits per heavy atom. The van der Waals surface area contributed by atoms with Crippen molar-refractivity contribution in [1.29, 1.82) is 0 Å². The highest BCUT2D eigenvalue weighted by molar-refractivity contribution is 5.92. The van der Waals surface area contributed by atoms with E-state index in [1.807, 2.05) is 24.1 Å². The number of carbonyl (C=O) groups excluding carboxylic acids is 1. The molecule has 7 heteroatoms. The molecule has 0 saturated carbocycles. The van der Waals surface area contributed by atoms with Gasteiger partial charge in [-0.2, -0.15) is 5.10 Å². The third-order valence-corrected chi connectivity index (χ3v) is 4.25. The van der Waals surface area contributed by atoms with Crippen LogP contribution in [-0.4, -0.2) is 62.1 Å². The minimum Gasteiger partial charge on any atom is -0.347 e. The molecule has 0 spiro atoms. The van der Waals surface area contributed by atoms with Crippen molar-refractivity contribution in [1.82, 2.24) is 30.0 Å². The summed E-state index contributed by atoms with van der Waals surface area (Å²) in [6.45, 7) is 7.31. The van der Waals surface area contributed by atoms with Crippen molar-refractivity contribution >= 4 is 5.91 Å². The summed E-state index contributed by atoms with van der Waals surface area (Å²) in [5.74, 6) is 0.902. The number of amides is 1. The Morgan fingerprint density at radius 3 is 2.91 bits per heavy atom. The summed E-state index contributed by atoms with van der Waals surface area (Å²) in [7, 11) is 0. The molecule has 1 fully saturated rings. The molecule has 7 nitrogen and oxygen atoms in total. The zero-order chi connectivity index (χ0) is 15.5. The van der Waals surface area contributed by atoms with E-state index in [4.69, 9.17) is 0 Å². The van der Waals surface area contributed by atoms with Crippen LogP contribution in [-0.2, 0) is 6.42 Å². The number of nitrogens with zero attached hydrogens (tertiary/aromatic N) is 4. The van der Waals surface area contributed by atoms with Gasteiger partial charge in [0.25, 0.3) is 5.91 Å². The van der Waals surface area contributed by atoms with Crippen molar-refractivity contribution in [3.63, 3.8) is 0 Å². The minimum atomic E-state index is -0.0109. The summed E-state index contributed by atoms with van der Waals surface area (Å²) >= 11 is 0. The Morgan fingerprint density at radius 1 is 1.41 bits per heavy atom. The molecular formula is C15H22N6O. The van der Waals surface area contributed by atoms with Crippen LogP contribution in [0.3, 0.4) is 0 Å². The number of H-pyrrole nitrogens is 2. The molecule has 1 saturated heterocycles. The average Bonchev–Trinajstić information content (AvgIpc) is 3.24. The Bertz CT molecular complexity index is 620. The first-order chi connectivity index (χ1) is 10.7. The molecule has 3 rings (SSSR count). The lowest BCUT2D eigenvalue weighted by Crippen LogP contribution is -2.50. The van der Waals surface area contributed by atoms with Crippen LogP contribution < -0.4 is 0 Å². The number of hydrogen-bond acceptors (Lipinski definition) is 4. The number of aromatic amines is 2. The minimum absolute atomic E-state index is 0.0109. The molecule has 1 atom stereocenters. The van der Waals surface area contributed by atoms with Crippen LogP contribution >= 0.6 is 0 Å². The second-order valence-electron chi connectivity index (χ2n) is 5.50. The average molecular weight is 302 g/mol. The van der Waals surface area contributed by atoms with Gasteiger partial charge in [-0.15, -0.1) is 0 Å². The van der Waals surface area contributed by atoms with Gasteiger partial charge < -0.3 is 9.88 Å². The highest BCUT2D eigenvalue weighted by atomic mass is 16.2. The van der Waals surface area contributed by atoms with E-state index in [1.165, 1.54) is 0 Å². The number of hydrogen-bond donors (Lipinski definition) is 2. The molecule has 1 aliphatic heterocycles. The third kappa shape index (κ3) is 2.76. The first-order valence-electron chi connectivity index (χ1n) is 7.79. The fraction of sp³-hybridized carbons (Fsp3) is 0.533. The van der Waals surface area contributed by atoms with Gasteiger partial charge in [-0.05, 0) is 19.0 Å². The van der Waals surface area contributed by atoms with Crippen LogP contribution in [0.15, 0.2) is 18.5 Å². The van der Waals surface area contributed by atoms with Gasteiger partial charge in [-0.3, -0.25) is 14.8 Å². The number of rotatable bonds is 4. The zero-order valence-electron chi connectivity index (χ0n) is 13.0. The molecule has 2 N–H and O–H groups in total. The summed E-state index contributed by atoms with van der Waals surface area (Å²) in [6.07, 6.45) is 4.43. The maximum Gasteiger partial charge on any atom is 0.274 e. The molecule has 2 aromatic rings. The summed E-state index contributed by atoms with van der Waals surface area (Å²) in [4.78, 5) is 24.4. The van der Waals surface area contributed by atoms with Crippen molar-refractivity contribution in [2.45, 2.75) is 26.3 Å². The van der Waals surface area contributed by atoms with Crippen molar-refractivity contribution in [2.24, 2.45) is 0 Å². The molecule has 0 aromatic carbocycles. The fourth-order valence-electron chi connectivity index (χ4n) is 2.92. The summed E-state index contributed by atoms with van der Waals surface area (Å²) in [5.41, 5.74) is 1.48. The topological polar surface area (TPSA) is 80.9 Å². The number of nitrogens with one attached hydrogen (secondary N) is 2. The smallest absolute Gasteiger partial charge is 0.274 e. The van der Waals surface area contributed by atoms with Gasteiger partial charge in [0.1, 0.15) is 11.5 Å². The first-order valence-corrected chi connectivity index (χ1v) is 7.79. The van der Waals surface area contributed by atoms with E-state index in [2.05, 4.69) is 32.0 Å². The number of likely N-dealkylation sites (N-methyl/N-ethyl adjacent to an activating group) is 1. The normalized spacial score (nSPS) is 19.5. The maximum absolute atomic E-state index is 12.6. The van der Waals surface area contributed by atoms with Crippen molar-refractivity contribution in [2.75, 3.05) is 26.2 Å². The SMILES string of the molecule is CCc1cc(C(=O)N2CCN(CC)[C@H](c3ncc[nH]3)C2)n[nH]1. The molecule has 22 heavy (non-hydrogen) atoms. The quantitative estimate of drug-likeness (QED) is 0.889. The van der Waals surface area contributed by atoms with E-state index in [-0.39, 0.29) is 11.9 Å². The van der Waals surface area contributed by atoms with Gasteiger partial charge in [-0.1, -0.05) is 13.8 Å². The molecular weight excluding hydrogens is 280 g/mol. The van der Waals surface area contributed by atoms with Crippen LogP contribution in [0.25, 0.3) is 0 Å². The van der Waals surface area contributed by atoms with Gasteiger partial charge >= 0.3 is 0 Å². The van der Waals surface area contributed by atoms with Gasteiger partial charge in [0.2, 0.25) is 0 Å². The van der Waals surface area contributed by atoms with Crippen molar-refractivity contribution in [3.8, 4) is 0 Å². The van der Waals surface area contributed by atoms with E-state index < -0.39 is 0 Å². The highest BCUT2D eigenvalue weighted by Gasteiger charge is 2.32. The van der Waals surface area contributed by atoms with E-state index in [0.29, 0.717) is 12.2 Å². The summed E-state index contributed by atoms with van der Waals surface area (Å²) in [5, 5.41) is 7.04. The Hall–Kier alpha value is -2.15. The van der Waals surface area contributed by atoms with Gasteiger partial charge in [0.15, 0.2) is 0 Å². The predicted molar refractivity (Wildman–Crippen MR) is 82.4 cm³/mol. The lowest BCUT2D eigenvalue weighted by Gasteiger charge is -2.39. The van der Waals surface area contributed by atoms with E-state index >= 15 is 0 Å². The van der Waals surface area contributed by atoms with Gasteiger partial charge in [0, 0.05) is 37.7 Å². The number of aromatic nitrogens is 4. The monoisotopic (exact) mass is 302 g/mol. The van der Waals surface area contributed by atoms with Gasteiger partial charge in [-0.25, -0.2) is 4.98 Å². The zero-order valence-corrected chi connectivity index (χ0v) is 13.0. The fourth-order valence-corrected chi connectivity index (χ4v) is 2.92. The Kier molecular flexibility index (Phi) is 4.24. The standard InChI is InChI=1S/C15H22N6O/c1-3-11-9-12(19-18-11)15(22)21-8-7-20(4-2)13(10-21)14-16-5-6-17-14/h5-6,9,13H,3-4,7-8,10H2,1-2H3,(H,16,17)(H,18,19)/t13-/m0/s1. The largest absolute Gasteiger partial charge is 0.347 e. The molecule has 118 valence electrons. The molecule has 2 aromatic heterocycles. The summed E-state index contributed by atoms with van der Waals surface area (Å²) in [6, 6.07) is 1.96. The number of aryl methyl sites for hydroxylation is 1. The maximum atomic E-state index is 12.6. The number of carbonyl (C=O) groups is 1. The van der Waals surface area contributed by atoms with Crippen molar-refractivity contribution < 1.29 is 4.79 Å². The van der Waals surface area contributed by atoms with E-state index in [1.54, 1.807) is 6.20 Å². The molecule has 1 amide bonds. The lowest BCUT2D eigenvalue weighted by molar-refractivity contribution is 0.0474. The second-order valence-corrected chi connectivity index (χ2v) is 5.50. The molecule has 0 aliphatic carbocycles. The van der Waals surface area contributed by atoms with Crippen LogP contribution in [0, 0.1) is 0 Å². The highest BCUT2D eigenvalue weighted by Crippen LogP contribution is 2.23. The third-order valence-electron chi connectivity index (χ3n) is 4.25. The molecule has 0 unspecified atom stereocenters. The second kappa shape index (κ2) is 6.31. The summed E-state index contributed by atoms with van der Waals surface area (Å²) < 4.78 is 0. The predicted octanol–water partition coefficient (Wildman–Crippen LogP) is 1.21. The molecule has 0 radical (unpaired) electrons. The van der Waals surface area contributed by atoms with E-state index in [9.17, 15) is 4.79 Å². The molecule has 1 aliphatic rings. The van der Waals surface area contributed by atoms with Gasteiger partial charge in [0.05, 0.1) is 6.04 Å². The van der Waals surface area contributed by atoms with Crippen LogP contribution in [0.1, 0.15) is 41.9 Å². The van der Waals surface area contributed by atoms with Crippen LogP contribution in [0.5, 0.6) is 0 Å². The molecule has 0 bridgehead atoms. The van der Waals surface area contributed by atoms with Crippen molar-refractivity contribution in [3.05, 3.63) is 35.7 Å². The van der Waals surface area contributed by atoms with Crippen LogP contribution in [0.4, 0.5) is 0 Å². The van der Waals surface area contributed by atoms with Crippen LogP contribution in [0.2, 0.25) is 0 Å². The number of piperazine rings is 1.